The quantitative estimate of drug-likeness (QED) is 0.0395. The first kappa shape index (κ1) is 82.4. The number of rotatable bonds is 17. The minimum Gasteiger partial charge on any atom is -0.319 e. The van der Waals surface area contributed by atoms with Crippen molar-refractivity contribution in [3.05, 3.63) is 399 Å². The first-order valence-corrected chi connectivity index (χ1v) is 42.7. The van der Waals surface area contributed by atoms with Gasteiger partial charge < -0.3 is 14.0 Å². The summed E-state index contributed by atoms with van der Waals surface area (Å²) in [4.78, 5) is 13.4. The van der Waals surface area contributed by atoms with Gasteiger partial charge in [-0.1, -0.05) is 347 Å². The molecular weight excluding hydrogens is 1570 g/mol. The van der Waals surface area contributed by atoms with Gasteiger partial charge >= 0.3 is 33.0 Å². The second-order valence-electron chi connectivity index (χ2n) is 27.1. The van der Waals surface area contributed by atoms with Crippen molar-refractivity contribution in [1.29, 1.82) is 0 Å². The van der Waals surface area contributed by atoms with E-state index in [9.17, 15) is 25.2 Å². The van der Waals surface area contributed by atoms with Crippen LogP contribution >= 0.6 is 23.7 Å². The van der Waals surface area contributed by atoms with E-state index in [-0.39, 0.29) is 20.4 Å². The van der Waals surface area contributed by atoms with Crippen LogP contribution in [-0.2, 0) is 33.5 Å². The van der Waals surface area contributed by atoms with Crippen molar-refractivity contribution in [1.82, 2.24) is 24.0 Å². The predicted octanol–water partition coefficient (Wildman–Crippen LogP) is 26.1. The molecule has 2 heterocycles. The third-order valence-corrected chi connectivity index (χ3v) is 24.8. The van der Waals surface area contributed by atoms with E-state index in [4.69, 9.17) is 9.97 Å². The molecule has 5 nitrogen and oxygen atoms in total. The van der Waals surface area contributed by atoms with Crippen LogP contribution < -0.4 is 31.8 Å². The Kier molecular flexibility index (Phi) is 26.7. The van der Waals surface area contributed by atoms with Crippen molar-refractivity contribution in [2.75, 3.05) is 14.1 Å². The van der Waals surface area contributed by atoms with E-state index in [2.05, 4.69) is 424 Å². The van der Waals surface area contributed by atoms with Gasteiger partial charge in [-0.2, -0.15) is 18.2 Å². The molecule has 2 aromatic heterocycles. The molecule has 0 spiro atoms. The molecule has 15 heteroatoms. The summed E-state index contributed by atoms with van der Waals surface area (Å²) in [7, 11) is -8.71. The van der Waals surface area contributed by atoms with Gasteiger partial charge in [-0.15, -0.1) is 22.4 Å². The Balaban J connectivity index is 0.000000163. The molecule has 0 unspecified atom stereocenters. The molecule has 15 aromatic carbocycles. The van der Waals surface area contributed by atoms with E-state index in [0.29, 0.717) is 12.6 Å². The van der Waals surface area contributed by atoms with Crippen molar-refractivity contribution in [3.8, 4) is 67.8 Å². The molecule has 0 amide bonds. The zero-order valence-electron chi connectivity index (χ0n) is 64.1. The number of imidazole rings is 2. The Morgan fingerprint density at radius 2 is 0.737 bits per heavy atom. The molecule has 0 aliphatic carbocycles. The number of hydrogen-bond donors (Lipinski definition) is 0. The van der Waals surface area contributed by atoms with E-state index >= 15 is 0 Å². The molecule has 0 radical (unpaired) electrons. The predicted molar refractivity (Wildman–Crippen MR) is 472 cm³/mol. The van der Waals surface area contributed by atoms with E-state index in [1.165, 1.54) is 92.0 Å². The number of fused-ring (bicyclic) bond motifs is 3. The molecule has 0 fully saturated rings. The van der Waals surface area contributed by atoms with Crippen molar-refractivity contribution >= 4 is 87.8 Å². The normalized spacial score (nSPS) is 12.0. The number of aromatic nitrogens is 4. The molecule has 0 saturated heterocycles. The summed E-state index contributed by atoms with van der Waals surface area (Å²) >= 11 is 0. The smallest absolute Gasteiger partial charge is 0.142 e. The molecule has 0 bridgehead atoms. The van der Waals surface area contributed by atoms with Gasteiger partial charge in [0.2, 0.25) is 0 Å². The van der Waals surface area contributed by atoms with Gasteiger partial charge in [0.25, 0.3) is 0 Å². The average molecular weight is 1660 g/mol. The first-order chi connectivity index (χ1) is 54.8. The van der Waals surface area contributed by atoms with Crippen LogP contribution in [0.5, 0.6) is 0 Å². The monoisotopic (exact) mass is 1660 g/mol. The van der Waals surface area contributed by atoms with Gasteiger partial charge in [-0.05, 0) is 109 Å². The molecule has 17 rings (SSSR count). The van der Waals surface area contributed by atoms with Gasteiger partial charge in [0.15, 0.2) is 0 Å². The molecule has 1 atom stereocenters. The number of halogens is 6. The largest absolute Gasteiger partial charge is 0.319 e. The molecule has 0 N–H and O–H groups in total. The summed E-state index contributed by atoms with van der Waals surface area (Å²) in [5, 5.41) is 15.5. The molecule has 576 valence electrons. The fraction of sp³-hybridized carbons (Fsp3) is 0.0909. The minimum absolute atomic E-state index is 0. The summed E-state index contributed by atoms with van der Waals surface area (Å²) in [6.45, 7) is 9.94. The Hall–Kier alpha value is -11.0. The maximum absolute atomic E-state index is 10.7. The zero-order chi connectivity index (χ0) is 79.0. The Morgan fingerprint density at radius 1 is 0.395 bits per heavy atom. The van der Waals surface area contributed by atoms with Crippen LogP contribution in [0.15, 0.2) is 382 Å². The standard InChI is InChI=1S/C44H33N2P.C39H31N2P.C14H16N.C2H6.F6P.Pd/c1-6-18-33(19-7-1)32-46-43(36-23-10-3-11-24-36)42(35-21-8-2-9-22-35)45-44(46)41-39-29-17-16-20-34(39)30-31-40(41)47(37-25-12-4-13-26-37)38-27-14-5-15-28-38;1-2-41-38(31-20-9-4-10-21-31)37(30-18-7-3-8-19-30)40-39(41)36-34-26-16-15-17-29(34)27-28-35(36)42(32-22-11-5-12-23-32)33-24-13-6-14-25-33;1-11(15(2)3)13-10-6-8-12-7-4-5-9-14(12)13;1-2;1-7(2,3,4,5)6;/h1-31H,32H2;3-28H,2H2,1H3;4-9,11H,1-3H3;1-2H3;;/q;;-1;;-1;/p+1/t;;11-;;;/m..1.../s1. The van der Waals surface area contributed by atoms with Crippen molar-refractivity contribution < 1.29 is 45.6 Å². The molecule has 0 aliphatic heterocycles. The summed E-state index contributed by atoms with van der Waals surface area (Å²) in [6.07, 6.45) is 0. The second-order valence-corrected chi connectivity index (χ2v) is 33.7. The third-order valence-electron chi connectivity index (χ3n) is 19.5. The minimum atomic E-state index is -10.7. The van der Waals surface area contributed by atoms with Crippen molar-refractivity contribution in [2.24, 2.45) is 0 Å². The fourth-order valence-corrected chi connectivity index (χ4v) is 19.6. The van der Waals surface area contributed by atoms with E-state index in [1.54, 1.807) is 0 Å². The van der Waals surface area contributed by atoms with Crippen LogP contribution in [0.25, 0.3) is 100 Å². The molecule has 17 aromatic rings. The topological polar surface area (TPSA) is 38.9 Å². The molecule has 114 heavy (non-hydrogen) atoms. The van der Waals surface area contributed by atoms with Crippen LogP contribution in [0.1, 0.15) is 44.9 Å². The van der Waals surface area contributed by atoms with Crippen LogP contribution in [0.3, 0.4) is 0 Å². The van der Waals surface area contributed by atoms with Gasteiger partial charge in [0.1, 0.15) is 27.6 Å². The van der Waals surface area contributed by atoms with Gasteiger partial charge in [-0.25, -0.2) is 9.97 Å². The van der Waals surface area contributed by atoms with Crippen LogP contribution in [0.4, 0.5) is 25.2 Å². The number of nitrogens with zero attached hydrogens (tertiary/aromatic N) is 5. The van der Waals surface area contributed by atoms with E-state index in [1.807, 2.05) is 19.9 Å². The Morgan fingerprint density at radius 3 is 1.17 bits per heavy atom. The maximum atomic E-state index is 9.87. The summed E-state index contributed by atoms with van der Waals surface area (Å²) in [5.41, 5.74) is 13.8. The maximum Gasteiger partial charge on any atom is 0.142 e. The van der Waals surface area contributed by atoms with Gasteiger partial charge in [-0.3, -0.25) is 0 Å². The van der Waals surface area contributed by atoms with Crippen LogP contribution in [0, 0.1) is 6.07 Å². The third kappa shape index (κ3) is 20.1. The van der Waals surface area contributed by atoms with Crippen molar-refractivity contribution in [2.45, 2.75) is 46.8 Å². The van der Waals surface area contributed by atoms with Gasteiger partial charge in [0.05, 0.1) is 36.3 Å². The number of benzene rings is 15. The molecule has 0 saturated carbocycles. The van der Waals surface area contributed by atoms with E-state index in [0.717, 1.165) is 57.7 Å². The summed E-state index contributed by atoms with van der Waals surface area (Å²) < 4.78 is 64.1. The first-order valence-electron chi connectivity index (χ1n) is 37.8. The summed E-state index contributed by atoms with van der Waals surface area (Å²) in [6, 6.07) is 141. The Bertz CT molecular complexity index is 5860. The fourth-order valence-electron chi connectivity index (χ4n) is 14.3. The van der Waals surface area contributed by atoms with Crippen LogP contribution in [-0.4, -0.2) is 38.1 Å². The van der Waals surface area contributed by atoms with E-state index < -0.39 is 23.7 Å². The van der Waals surface area contributed by atoms with Crippen molar-refractivity contribution in [3.63, 3.8) is 0 Å². The Labute approximate surface area is 680 Å². The average Bonchev–Trinajstić information content (AvgIpc) is 1.54. The number of hydrogen-bond acceptors (Lipinski definition) is 3. The molecule has 0 aliphatic rings. The van der Waals surface area contributed by atoms with Crippen LogP contribution in [0.2, 0.25) is 0 Å². The van der Waals surface area contributed by atoms with Gasteiger partial charge in [0, 0.05) is 67.4 Å². The SMILES string of the molecule is CC.CCn1c(-c2c([PH+](c3ccccc3)c3ccccc3)ccc3ccccc23)nc(-c2ccccc2)c1-c1ccccc1.C[C@H](c1[c-]ccc2ccccc12)N(C)C.F[P-](F)(F)(F)(F)F.[Pd].c1ccc(Cn2c(-c3c(P(c4ccccc4)c4ccccc4)ccc4ccccc34)nc(-c3ccccc3)c2-c2ccccc2)cc1. The summed E-state index contributed by atoms with van der Waals surface area (Å²) in [5.74, 6) is 2.01. The molecular formula is C99H87F6N5P3Pd-. The zero-order valence-corrected chi connectivity index (χ0v) is 68.4. The second kappa shape index (κ2) is 36.9.